The summed E-state index contributed by atoms with van der Waals surface area (Å²) < 4.78 is 13.4. The van der Waals surface area contributed by atoms with Crippen LogP contribution in [0.1, 0.15) is 23.6 Å². The average Bonchev–Trinajstić information content (AvgIpc) is 2.47. The first-order valence-corrected chi connectivity index (χ1v) is 6.99. The Bertz CT molecular complexity index is 671. The molecule has 2 aromatic rings. The van der Waals surface area contributed by atoms with Gasteiger partial charge in [-0.3, -0.25) is 0 Å². The van der Waals surface area contributed by atoms with E-state index in [9.17, 15) is 14.3 Å². The van der Waals surface area contributed by atoms with E-state index in [2.05, 4.69) is 0 Å². The lowest BCUT2D eigenvalue weighted by Crippen LogP contribution is -2.37. The highest BCUT2D eigenvalue weighted by molar-refractivity contribution is 5.81. The Labute approximate surface area is 122 Å². The zero-order valence-corrected chi connectivity index (χ0v) is 11.5. The molecule has 0 amide bonds. The molecule has 3 rings (SSSR count). The van der Waals surface area contributed by atoms with Gasteiger partial charge in [0.05, 0.1) is 0 Å². The number of hydrogen-bond donors (Lipinski definition) is 1. The molecule has 1 N–H and O–H groups in total. The molecular weight excluding hydrogens is 269 g/mol. The lowest BCUT2D eigenvalue weighted by atomic mass is 9.97. The van der Waals surface area contributed by atoms with E-state index >= 15 is 0 Å². The molecule has 0 saturated carbocycles. The van der Waals surface area contributed by atoms with E-state index in [1.165, 1.54) is 12.1 Å². The van der Waals surface area contributed by atoms with Gasteiger partial charge in [0, 0.05) is 12.2 Å². The Morgan fingerprint density at radius 3 is 2.76 bits per heavy atom. The fraction of sp³-hybridized carbons (Fsp3) is 0.235. The largest absolute Gasteiger partial charge is 0.479 e. The van der Waals surface area contributed by atoms with Gasteiger partial charge in [-0.2, -0.15) is 0 Å². The van der Waals surface area contributed by atoms with Crippen molar-refractivity contribution in [2.24, 2.45) is 0 Å². The van der Waals surface area contributed by atoms with E-state index in [0.29, 0.717) is 12.1 Å². The first-order valence-electron chi connectivity index (χ1n) is 6.99. The van der Waals surface area contributed by atoms with E-state index in [4.69, 9.17) is 0 Å². The molecule has 0 bridgehead atoms. The number of halogens is 1. The van der Waals surface area contributed by atoms with Crippen molar-refractivity contribution in [1.82, 2.24) is 0 Å². The van der Waals surface area contributed by atoms with Crippen molar-refractivity contribution in [3.05, 3.63) is 65.5 Å². The molecule has 1 atom stereocenters. The highest BCUT2D eigenvalue weighted by Gasteiger charge is 2.30. The Balaban J connectivity index is 2.05. The third-order valence-electron chi connectivity index (χ3n) is 3.86. The number of fused-ring (bicyclic) bond motifs is 1. The molecule has 108 valence electrons. The minimum Gasteiger partial charge on any atom is -0.479 e. The zero-order chi connectivity index (χ0) is 14.8. The maximum absolute atomic E-state index is 13.4. The molecule has 4 heteroatoms. The molecule has 0 aromatic heterocycles. The summed E-state index contributed by atoms with van der Waals surface area (Å²) in [6.45, 7) is 0.657. The minimum absolute atomic E-state index is 0.413. The third-order valence-corrected chi connectivity index (χ3v) is 3.86. The number of benzene rings is 2. The summed E-state index contributed by atoms with van der Waals surface area (Å²) in [5, 5.41) is 9.63. The summed E-state index contributed by atoms with van der Waals surface area (Å²) in [5.74, 6) is -1.37. The van der Waals surface area contributed by atoms with Gasteiger partial charge in [0.25, 0.3) is 0 Å². The second-order valence-electron chi connectivity index (χ2n) is 5.22. The molecule has 0 saturated heterocycles. The fourth-order valence-corrected chi connectivity index (χ4v) is 2.96. The summed E-state index contributed by atoms with van der Waals surface area (Å²) in [6, 6.07) is 12.8. The van der Waals surface area contributed by atoms with Crippen molar-refractivity contribution >= 4 is 11.7 Å². The quantitative estimate of drug-likeness (QED) is 0.939. The monoisotopic (exact) mass is 285 g/mol. The van der Waals surface area contributed by atoms with Crippen LogP contribution in [0, 0.1) is 5.82 Å². The first-order chi connectivity index (χ1) is 10.2. The van der Waals surface area contributed by atoms with Gasteiger partial charge in [0.2, 0.25) is 0 Å². The van der Waals surface area contributed by atoms with E-state index in [-0.39, 0.29) is 0 Å². The molecule has 1 aliphatic rings. The average molecular weight is 285 g/mol. The van der Waals surface area contributed by atoms with Gasteiger partial charge in [0.1, 0.15) is 5.82 Å². The summed E-state index contributed by atoms with van der Waals surface area (Å²) in [5.41, 5.74) is 2.55. The van der Waals surface area contributed by atoms with Crippen LogP contribution >= 0.6 is 0 Å². The number of para-hydroxylation sites is 1. The number of aryl methyl sites for hydroxylation is 1. The second-order valence-corrected chi connectivity index (χ2v) is 5.22. The van der Waals surface area contributed by atoms with Gasteiger partial charge < -0.3 is 10.0 Å². The Kier molecular flexibility index (Phi) is 3.60. The number of hydrogen-bond acceptors (Lipinski definition) is 2. The van der Waals surface area contributed by atoms with E-state index in [1.54, 1.807) is 12.1 Å². The normalized spacial score (nSPS) is 15.4. The molecule has 2 aromatic carbocycles. The molecule has 1 unspecified atom stereocenters. The van der Waals surface area contributed by atoms with Crippen LogP contribution in [0.2, 0.25) is 0 Å². The maximum Gasteiger partial charge on any atom is 0.331 e. The summed E-state index contributed by atoms with van der Waals surface area (Å²) in [4.78, 5) is 13.6. The maximum atomic E-state index is 13.4. The minimum atomic E-state index is -0.961. The van der Waals surface area contributed by atoms with Crippen molar-refractivity contribution in [3.63, 3.8) is 0 Å². The van der Waals surface area contributed by atoms with Crippen molar-refractivity contribution < 1.29 is 14.3 Å². The van der Waals surface area contributed by atoms with E-state index in [0.717, 1.165) is 24.1 Å². The van der Waals surface area contributed by atoms with Gasteiger partial charge in [-0.25, -0.2) is 9.18 Å². The number of aliphatic carboxylic acids is 1. The smallest absolute Gasteiger partial charge is 0.331 e. The molecule has 1 heterocycles. The Morgan fingerprint density at radius 2 is 2.00 bits per heavy atom. The second kappa shape index (κ2) is 5.56. The number of carboxylic acids is 1. The van der Waals surface area contributed by atoms with E-state index in [1.807, 2.05) is 29.2 Å². The third kappa shape index (κ3) is 2.61. The highest BCUT2D eigenvalue weighted by Crippen LogP contribution is 2.34. The highest BCUT2D eigenvalue weighted by atomic mass is 19.1. The van der Waals surface area contributed by atoms with Crippen molar-refractivity contribution in [3.8, 4) is 0 Å². The van der Waals surface area contributed by atoms with Crippen LogP contribution < -0.4 is 4.90 Å². The summed E-state index contributed by atoms with van der Waals surface area (Å²) >= 11 is 0. The molecule has 0 radical (unpaired) electrons. The predicted octanol–water partition coefficient (Wildman–Crippen LogP) is 3.40. The van der Waals surface area contributed by atoms with Gasteiger partial charge in [-0.1, -0.05) is 30.3 Å². The predicted molar refractivity (Wildman–Crippen MR) is 78.9 cm³/mol. The van der Waals surface area contributed by atoms with Crippen LogP contribution in [-0.2, 0) is 11.2 Å². The molecule has 0 aliphatic carbocycles. The lowest BCUT2D eigenvalue weighted by molar-refractivity contribution is -0.138. The molecule has 1 aliphatic heterocycles. The lowest BCUT2D eigenvalue weighted by Gasteiger charge is -2.36. The van der Waals surface area contributed by atoms with Gasteiger partial charge in [-0.15, -0.1) is 0 Å². The van der Waals surface area contributed by atoms with Crippen molar-refractivity contribution in [2.75, 3.05) is 11.4 Å². The van der Waals surface area contributed by atoms with Crippen LogP contribution in [-0.4, -0.2) is 17.6 Å². The number of rotatable bonds is 3. The number of carbonyl (C=O) groups is 1. The van der Waals surface area contributed by atoms with Gasteiger partial charge >= 0.3 is 5.97 Å². The molecular formula is C17H16FNO2. The van der Waals surface area contributed by atoms with E-state index < -0.39 is 17.8 Å². The topological polar surface area (TPSA) is 40.5 Å². The zero-order valence-electron chi connectivity index (χ0n) is 11.5. The molecule has 0 spiro atoms. The van der Waals surface area contributed by atoms with Crippen LogP contribution in [0.3, 0.4) is 0 Å². The van der Waals surface area contributed by atoms with Gasteiger partial charge in [0.15, 0.2) is 6.04 Å². The first kappa shape index (κ1) is 13.6. The van der Waals surface area contributed by atoms with Crippen molar-refractivity contribution in [2.45, 2.75) is 18.9 Å². The van der Waals surface area contributed by atoms with Crippen LogP contribution in [0.25, 0.3) is 0 Å². The number of anilines is 1. The fourth-order valence-electron chi connectivity index (χ4n) is 2.96. The van der Waals surface area contributed by atoms with Crippen LogP contribution in [0.4, 0.5) is 10.1 Å². The molecule has 0 fully saturated rings. The summed E-state index contributed by atoms with van der Waals surface area (Å²) in [7, 11) is 0. The van der Waals surface area contributed by atoms with Crippen molar-refractivity contribution in [1.29, 1.82) is 0 Å². The number of nitrogens with zero attached hydrogens (tertiary/aromatic N) is 1. The Hall–Kier alpha value is -2.36. The number of carboxylic acid groups (broad SMARTS) is 1. The molecule has 21 heavy (non-hydrogen) atoms. The standard InChI is InChI=1S/C17H16FNO2/c18-14-8-3-6-13(11-14)16(17(20)21)19-10-4-7-12-5-1-2-9-15(12)19/h1-3,5-6,8-9,11,16H,4,7,10H2,(H,20,21). The molecule has 3 nitrogen and oxygen atoms in total. The Morgan fingerprint density at radius 1 is 1.19 bits per heavy atom. The van der Waals surface area contributed by atoms with Crippen LogP contribution in [0.5, 0.6) is 0 Å². The van der Waals surface area contributed by atoms with Crippen LogP contribution in [0.15, 0.2) is 48.5 Å². The SMILES string of the molecule is O=C(O)C(c1cccc(F)c1)N1CCCc2ccccc21. The van der Waals surface area contributed by atoms with Gasteiger partial charge in [-0.05, 0) is 42.2 Å². The summed E-state index contributed by atoms with van der Waals surface area (Å²) in [6.07, 6.45) is 1.85.